The number of carbonyl (C=O) groups excluding carboxylic acids is 3. The van der Waals surface area contributed by atoms with E-state index in [9.17, 15) is 14.4 Å². The maximum absolute atomic E-state index is 11.9. The van der Waals surface area contributed by atoms with Gasteiger partial charge < -0.3 is 15.4 Å². The second-order valence-corrected chi connectivity index (χ2v) is 6.18. The van der Waals surface area contributed by atoms with Crippen LogP contribution in [0.25, 0.3) is 0 Å². The number of esters is 1. The Morgan fingerprint density at radius 2 is 1.80 bits per heavy atom. The van der Waals surface area contributed by atoms with Crippen molar-refractivity contribution in [3.63, 3.8) is 0 Å². The Morgan fingerprint density at radius 1 is 1.08 bits per heavy atom. The van der Waals surface area contributed by atoms with E-state index in [4.69, 9.17) is 4.74 Å². The van der Waals surface area contributed by atoms with Crippen LogP contribution in [-0.2, 0) is 14.3 Å². The van der Waals surface area contributed by atoms with Crippen molar-refractivity contribution in [3.8, 4) is 0 Å². The number of ether oxygens (including phenoxy) is 1. The minimum absolute atomic E-state index is 0.313. The standard InChI is InChI=1S/C18H17BrN2O4/c1-12-3-2-4-15(9-12)21-16(22)11-25-17(23)10-20-18(24)13-5-7-14(19)8-6-13/h2-9H,10-11H2,1H3,(H,20,24)(H,21,22). The van der Waals surface area contributed by atoms with E-state index in [1.807, 2.05) is 19.1 Å². The van der Waals surface area contributed by atoms with Crippen molar-refractivity contribution >= 4 is 39.4 Å². The van der Waals surface area contributed by atoms with Gasteiger partial charge in [-0.05, 0) is 48.9 Å². The summed E-state index contributed by atoms with van der Waals surface area (Å²) in [5.74, 6) is -1.53. The van der Waals surface area contributed by atoms with Gasteiger partial charge in [-0.15, -0.1) is 0 Å². The van der Waals surface area contributed by atoms with Gasteiger partial charge in [0.15, 0.2) is 6.61 Å². The van der Waals surface area contributed by atoms with Crippen LogP contribution in [0.5, 0.6) is 0 Å². The monoisotopic (exact) mass is 404 g/mol. The van der Waals surface area contributed by atoms with Crippen LogP contribution in [0.2, 0.25) is 0 Å². The summed E-state index contributed by atoms with van der Waals surface area (Å²) in [4.78, 5) is 35.2. The molecule has 6 nitrogen and oxygen atoms in total. The van der Waals surface area contributed by atoms with Gasteiger partial charge in [-0.3, -0.25) is 14.4 Å². The Hall–Kier alpha value is -2.67. The molecule has 7 heteroatoms. The van der Waals surface area contributed by atoms with E-state index in [0.29, 0.717) is 11.3 Å². The van der Waals surface area contributed by atoms with Gasteiger partial charge in [0.2, 0.25) is 0 Å². The molecule has 0 spiro atoms. The molecule has 2 amide bonds. The van der Waals surface area contributed by atoms with Gasteiger partial charge in [0, 0.05) is 15.7 Å². The molecule has 2 aromatic carbocycles. The van der Waals surface area contributed by atoms with Crippen LogP contribution in [0.4, 0.5) is 5.69 Å². The molecule has 2 N–H and O–H groups in total. The zero-order valence-electron chi connectivity index (χ0n) is 13.5. The number of benzene rings is 2. The number of carbonyl (C=O) groups is 3. The first-order chi connectivity index (χ1) is 11.9. The third kappa shape index (κ3) is 6.39. The van der Waals surface area contributed by atoms with Crippen molar-refractivity contribution in [3.05, 3.63) is 64.1 Å². The Labute approximate surface area is 153 Å². The largest absolute Gasteiger partial charge is 0.454 e. The molecule has 0 bridgehead atoms. The third-order valence-electron chi connectivity index (χ3n) is 3.17. The topological polar surface area (TPSA) is 84.5 Å². The first-order valence-corrected chi connectivity index (χ1v) is 8.29. The normalized spacial score (nSPS) is 10.0. The fraction of sp³-hybridized carbons (Fsp3) is 0.167. The molecule has 130 valence electrons. The van der Waals surface area contributed by atoms with E-state index in [2.05, 4.69) is 26.6 Å². The van der Waals surface area contributed by atoms with Gasteiger partial charge in [-0.25, -0.2) is 0 Å². The lowest BCUT2D eigenvalue weighted by atomic mass is 10.2. The lowest BCUT2D eigenvalue weighted by Gasteiger charge is -2.08. The Morgan fingerprint density at radius 3 is 2.48 bits per heavy atom. The summed E-state index contributed by atoms with van der Waals surface area (Å²) in [5, 5.41) is 5.06. The predicted molar refractivity (Wildman–Crippen MR) is 97.2 cm³/mol. The van der Waals surface area contributed by atoms with E-state index < -0.39 is 24.4 Å². The SMILES string of the molecule is Cc1cccc(NC(=O)COC(=O)CNC(=O)c2ccc(Br)cc2)c1. The van der Waals surface area contributed by atoms with E-state index in [0.717, 1.165) is 10.0 Å². The first-order valence-electron chi connectivity index (χ1n) is 7.50. The lowest BCUT2D eigenvalue weighted by Crippen LogP contribution is -2.32. The summed E-state index contributed by atoms with van der Waals surface area (Å²) >= 11 is 3.27. The fourth-order valence-electron chi connectivity index (χ4n) is 1.97. The molecule has 25 heavy (non-hydrogen) atoms. The maximum Gasteiger partial charge on any atom is 0.325 e. The van der Waals surface area contributed by atoms with Crippen LogP contribution in [0.15, 0.2) is 53.0 Å². The molecule has 0 atom stereocenters. The summed E-state index contributed by atoms with van der Waals surface area (Å²) in [7, 11) is 0. The Bertz CT molecular complexity index is 775. The molecule has 2 aromatic rings. The van der Waals surface area contributed by atoms with Crippen molar-refractivity contribution < 1.29 is 19.1 Å². The van der Waals surface area contributed by atoms with E-state index in [1.54, 1.807) is 36.4 Å². The average molecular weight is 405 g/mol. The van der Waals surface area contributed by atoms with E-state index >= 15 is 0 Å². The lowest BCUT2D eigenvalue weighted by molar-refractivity contribution is -0.146. The zero-order chi connectivity index (χ0) is 18.2. The molecule has 0 aliphatic heterocycles. The molecule has 0 saturated carbocycles. The Balaban J connectivity index is 1.72. The Kier molecular flexibility index (Phi) is 6.71. The number of halogens is 1. The summed E-state index contributed by atoms with van der Waals surface area (Å²) in [6, 6.07) is 14.0. The van der Waals surface area contributed by atoms with Crippen LogP contribution >= 0.6 is 15.9 Å². The molecule has 2 rings (SSSR count). The number of amides is 2. The molecule has 0 aliphatic carbocycles. The maximum atomic E-state index is 11.9. The van der Waals surface area contributed by atoms with Crippen LogP contribution in [0, 0.1) is 6.92 Å². The molecule has 0 fully saturated rings. The van der Waals surface area contributed by atoms with E-state index in [-0.39, 0.29) is 6.54 Å². The van der Waals surface area contributed by atoms with Crippen molar-refractivity contribution in [2.75, 3.05) is 18.5 Å². The summed E-state index contributed by atoms with van der Waals surface area (Å²) < 4.78 is 5.69. The number of anilines is 1. The van der Waals surface area contributed by atoms with Gasteiger partial charge in [0.05, 0.1) is 0 Å². The van der Waals surface area contributed by atoms with Gasteiger partial charge in [0.25, 0.3) is 11.8 Å². The summed E-state index contributed by atoms with van der Waals surface area (Å²) in [6.07, 6.45) is 0. The molecule has 0 unspecified atom stereocenters. The summed E-state index contributed by atoms with van der Waals surface area (Å²) in [6.45, 7) is 1.18. The van der Waals surface area contributed by atoms with Crippen molar-refractivity contribution in [2.45, 2.75) is 6.92 Å². The first kappa shape index (κ1) is 18.7. The number of rotatable bonds is 6. The number of hydrogen-bond donors (Lipinski definition) is 2. The van der Waals surface area contributed by atoms with Crippen molar-refractivity contribution in [1.82, 2.24) is 5.32 Å². The zero-order valence-corrected chi connectivity index (χ0v) is 15.1. The van der Waals surface area contributed by atoms with Gasteiger partial charge in [-0.2, -0.15) is 0 Å². The average Bonchev–Trinajstić information content (AvgIpc) is 2.58. The van der Waals surface area contributed by atoms with Crippen LogP contribution in [0.1, 0.15) is 15.9 Å². The third-order valence-corrected chi connectivity index (χ3v) is 3.69. The van der Waals surface area contributed by atoms with Gasteiger partial charge in [-0.1, -0.05) is 28.1 Å². The van der Waals surface area contributed by atoms with Crippen LogP contribution < -0.4 is 10.6 Å². The number of hydrogen-bond acceptors (Lipinski definition) is 4. The number of nitrogens with one attached hydrogen (secondary N) is 2. The molecule has 0 aromatic heterocycles. The predicted octanol–water partition coefficient (Wildman–Crippen LogP) is 2.67. The molecule has 0 saturated heterocycles. The highest BCUT2D eigenvalue weighted by atomic mass is 79.9. The van der Waals surface area contributed by atoms with E-state index in [1.165, 1.54) is 0 Å². The molecule has 0 radical (unpaired) electrons. The second-order valence-electron chi connectivity index (χ2n) is 5.27. The molecular weight excluding hydrogens is 388 g/mol. The second kappa shape index (κ2) is 8.98. The highest BCUT2D eigenvalue weighted by molar-refractivity contribution is 9.10. The molecular formula is C18H17BrN2O4. The van der Waals surface area contributed by atoms with Crippen molar-refractivity contribution in [1.29, 1.82) is 0 Å². The number of aryl methyl sites for hydroxylation is 1. The van der Waals surface area contributed by atoms with Gasteiger partial charge in [0.1, 0.15) is 6.54 Å². The minimum Gasteiger partial charge on any atom is -0.454 e. The smallest absolute Gasteiger partial charge is 0.325 e. The van der Waals surface area contributed by atoms with Crippen LogP contribution in [-0.4, -0.2) is 30.9 Å². The molecule has 0 heterocycles. The van der Waals surface area contributed by atoms with Crippen LogP contribution in [0.3, 0.4) is 0 Å². The fourth-order valence-corrected chi connectivity index (χ4v) is 2.24. The van der Waals surface area contributed by atoms with Gasteiger partial charge >= 0.3 is 5.97 Å². The van der Waals surface area contributed by atoms with Crippen molar-refractivity contribution in [2.24, 2.45) is 0 Å². The minimum atomic E-state index is -0.690. The summed E-state index contributed by atoms with van der Waals surface area (Å²) in [5.41, 5.74) is 2.06. The molecule has 0 aliphatic rings. The highest BCUT2D eigenvalue weighted by Crippen LogP contribution is 2.10. The quantitative estimate of drug-likeness (QED) is 0.724. The highest BCUT2D eigenvalue weighted by Gasteiger charge is 2.11.